The van der Waals surface area contributed by atoms with E-state index in [0.29, 0.717) is 47.4 Å². The van der Waals surface area contributed by atoms with E-state index in [0.717, 1.165) is 0 Å². The zero-order valence-electron chi connectivity index (χ0n) is 18.5. The number of carbonyl (C=O) groups excluding carboxylic acids is 1. The summed E-state index contributed by atoms with van der Waals surface area (Å²) in [7, 11) is 0. The first-order valence-corrected chi connectivity index (χ1v) is 11.4. The predicted molar refractivity (Wildman–Crippen MR) is 130 cm³/mol. The third-order valence-corrected chi connectivity index (χ3v) is 6.04. The quantitative estimate of drug-likeness (QED) is 0.376. The van der Waals surface area contributed by atoms with E-state index in [1.54, 1.807) is 35.2 Å². The van der Waals surface area contributed by atoms with Crippen molar-refractivity contribution in [3.63, 3.8) is 0 Å². The molecule has 0 atom stereocenters. The minimum Gasteiger partial charge on any atom is -0.484 e. The lowest BCUT2D eigenvalue weighted by atomic mass is 10.1. The highest BCUT2D eigenvalue weighted by Gasteiger charge is 2.27. The van der Waals surface area contributed by atoms with E-state index in [-0.39, 0.29) is 29.9 Å². The maximum Gasteiger partial charge on any atom is 0.260 e. The van der Waals surface area contributed by atoms with Crippen LogP contribution in [0.2, 0.25) is 5.02 Å². The van der Waals surface area contributed by atoms with Crippen LogP contribution in [-0.2, 0) is 17.9 Å². The molecule has 178 valence electrons. The predicted octanol–water partition coefficient (Wildman–Crippen LogP) is 5.65. The van der Waals surface area contributed by atoms with Gasteiger partial charge < -0.3 is 19.5 Å². The first-order valence-electron chi connectivity index (χ1n) is 11.0. The van der Waals surface area contributed by atoms with Crippen LogP contribution < -0.4 is 10.1 Å². The van der Waals surface area contributed by atoms with Crippen molar-refractivity contribution in [3.05, 3.63) is 95.3 Å². The van der Waals surface area contributed by atoms with Crippen molar-refractivity contribution in [1.29, 1.82) is 0 Å². The van der Waals surface area contributed by atoms with E-state index in [1.165, 1.54) is 24.3 Å². The Kier molecular flexibility index (Phi) is 6.37. The topological polar surface area (TPSA) is 59.4 Å². The number of nitrogens with zero attached hydrogens (tertiary/aromatic N) is 3. The van der Waals surface area contributed by atoms with Crippen molar-refractivity contribution in [2.24, 2.45) is 0 Å². The Morgan fingerprint density at radius 2 is 1.80 bits per heavy atom. The zero-order chi connectivity index (χ0) is 24.4. The van der Waals surface area contributed by atoms with Crippen LogP contribution in [0, 0.1) is 11.6 Å². The summed E-state index contributed by atoms with van der Waals surface area (Å²) in [6.45, 7) is 1.12. The van der Waals surface area contributed by atoms with Gasteiger partial charge in [-0.1, -0.05) is 29.8 Å². The molecule has 5 rings (SSSR count). The second-order valence-electron chi connectivity index (χ2n) is 8.05. The molecule has 0 bridgehead atoms. The molecule has 6 nitrogen and oxygen atoms in total. The number of para-hydroxylation sites is 1. The Labute approximate surface area is 205 Å². The highest BCUT2D eigenvalue weighted by Crippen LogP contribution is 2.34. The Hall–Kier alpha value is -3.91. The van der Waals surface area contributed by atoms with E-state index in [4.69, 9.17) is 21.3 Å². The molecule has 9 heteroatoms. The summed E-state index contributed by atoms with van der Waals surface area (Å²) < 4.78 is 35.2. The van der Waals surface area contributed by atoms with Gasteiger partial charge in [-0.25, -0.2) is 13.8 Å². The van der Waals surface area contributed by atoms with Crippen LogP contribution in [-0.4, -0.2) is 33.5 Å². The number of rotatable bonds is 6. The van der Waals surface area contributed by atoms with Crippen LogP contribution in [0.4, 0.5) is 20.3 Å². The molecule has 4 aromatic rings. The minimum atomic E-state index is -0.548. The molecule has 1 N–H and O–H groups in total. The lowest BCUT2D eigenvalue weighted by Crippen LogP contribution is -2.41. The number of aromatic nitrogens is 2. The average Bonchev–Trinajstić information content (AvgIpc) is 3.23. The van der Waals surface area contributed by atoms with Crippen LogP contribution in [0.25, 0.3) is 11.3 Å². The number of imidazole rings is 1. The van der Waals surface area contributed by atoms with Crippen molar-refractivity contribution < 1.29 is 18.3 Å². The van der Waals surface area contributed by atoms with Gasteiger partial charge in [0.1, 0.15) is 34.7 Å². The molecule has 0 spiro atoms. The smallest absolute Gasteiger partial charge is 0.260 e. The molecule has 0 saturated carbocycles. The minimum absolute atomic E-state index is 0.0245. The third-order valence-electron chi connectivity index (χ3n) is 5.73. The Balaban J connectivity index is 1.42. The molecule has 0 saturated heterocycles. The van der Waals surface area contributed by atoms with Crippen LogP contribution in [0.3, 0.4) is 0 Å². The molecular weight excluding hydrogens is 474 g/mol. The lowest BCUT2D eigenvalue weighted by molar-refractivity contribution is -0.134. The van der Waals surface area contributed by atoms with Gasteiger partial charge in [0.05, 0.1) is 11.6 Å². The molecule has 0 aliphatic carbocycles. The highest BCUT2D eigenvalue weighted by atomic mass is 35.5. The average molecular weight is 495 g/mol. The summed E-state index contributed by atoms with van der Waals surface area (Å²) in [5.41, 5.74) is 1.76. The van der Waals surface area contributed by atoms with Crippen molar-refractivity contribution in [2.45, 2.75) is 13.1 Å². The number of ether oxygens (including phenoxy) is 1. The van der Waals surface area contributed by atoms with Crippen molar-refractivity contribution in [1.82, 2.24) is 14.5 Å². The maximum absolute atomic E-state index is 14.1. The molecule has 0 fully saturated rings. The maximum atomic E-state index is 14.1. The monoisotopic (exact) mass is 494 g/mol. The van der Waals surface area contributed by atoms with Gasteiger partial charge in [0.2, 0.25) is 0 Å². The Morgan fingerprint density at radius 3 is 2.54 bits per heavy atom. The number of carbonyl (C=O) groups is 1. The molecule has 0 radical (unpaired) electrons. The first-order chi connectivity index (χ1) is 17.0. The molecule has 3 aromatic carbocycles. The number of nitrogens with one attached hydrogen (secondary N) is 1. The van der Waals surface area contributed by atoms with E-state index in [1.807, 2.05) is 22.8 Å². The van der Waals surface area contributed by atoms with Gasteiger partial charge in [0, 0.05) is 24.3 Å². The summed E-state index contributed by atoms with van der Waals surface area (Å²) in [5, 5.41) is 3.26. The molecule has 1 aromatic heterocycles. The van der Waals surface area contributed by atoms with Crippen LogP contribution >= 0.6 is 11.6 Å². The van der Waals surface area contributed by atoms with E-state index < -0.39 is 5.82 Å². The number of amides is 1. The van der Waals surface area contributed by atoms with Gasteiger partial charge in [0.15, 0.2) is 6.61 Å². The van der Waals surface area contributed by atoms with Gasteiger partial charge >= 0.3 is 0 Å². The van der Waals surface area contributed by atoms with Crippen LogP contribution in [0.15, 0.2) is 72.8 Å². The van der Waals surface area contributed by atoms with E-state index in [2.05, 4.69) is 5.32 Å². The number of benzene rings is 3. The lowest BCUT2D eigenvalue weighted by Gasteiger charge is -2.28. The Morgan fingerprint density at radius 1 is 1.03 bits per heavy atom. The van der Waals surface area contributed by atoms with Crippen molar-refractivity contribution in [2.75, 3.05) is 18.5 Å². The zero-order valence-corrected chi connectivity index (χ0v) is 19.3. The number of hydrogen-bond donors (Lipinski definition) is 1. The summed E-state index contributed by atoms with van der Waals surface area (Å²) >= 11 is 5.83. The largest absolute Gasteiger partial charge is 0.484 e. The molecule has 1 amide bonds. The fourth-order valence-corrected chi connectivity index (χ4v) is 4.06. The number of hydrogen-bond acceptors (Lipinski definition) is 4. The van der Waals surface area contributed by atoms with Crippen LogP contribution in [0.5, 0.6) is 5.75 Å². The number of halogens is 3. The van der Waals surface area contributed by atoms with Crippen molar-refractivity contribution in [3.8, 4) is 17.0 Å². The Bertz CT molecular complexity index is 1360. The molecular formula is C26H21ClF2N4O2. The SMILES string of the molecule is O=C(COc1ccccc1)N1CCn2c(nc(-c3ccc(F)cc3)c2Nc2ccc(Cl)c(F)c2)C1. The van der Waals surface area contributed by atoms with Gasteiger partial charge in [-0.2, -0.15) is 0 Å². The second-order valence-corrected chi connectivity index (χ2v) is 8.46. The van der Waals surface area contributed by atoms with E-state index >= 15 is 0 Å². The van der Waals surface area contributed by atoms with Crippen molar-refractivity contribution >= 4 is 29.0 Å². The van der Waals surface area contributed by atoms with Gasteiger partial charge in [0.25, 0.3) is 5.91 Å². The van der Waals surface area contributed by atoms with Gasteiger partial charge in [-0.15, -0.1) is 0 Å². The highest BCUT2D eigenvalue weighted by molar-refractivity contribution is 6.30. The standard InChI is InChI=1S/C26H21ClF2N4O2/c27-21-11-10-19(14-22(21)29)30-26-25(17-6-8-18(28)9-7-17)31-23-15-32(12-13-33(23)26)24(34)16-35-20-4-2-1-3-5-20/h1-11,14,30H,12-13,15-16H2. The third kappa shape index (κ3) is 4.97. The fraction of sp³-hybridized carbons (Fsp3) is 0.154. The molecule has 35 heavy (non-hydrogen) atoms. The fourth-order valence-electron chi connectivity index (χ4n) is 3.94. The molecule has 1 aliphatic rings. The molecule has 0 unspecified atom stereocenters. The van der Waals surface area contributed by atoms with Gasteiger partial charge in [-0.05, 0) is 54.6 Å². The van der Waals surface area contributed by atoms with E-state index in [9.17, 15) is 13.6 Å². The van der Waals surface area contributed by atoms with Crippen LogP contribution in [0.1, 0.15) is 5.82 Å². The van der Waals surface area contributed by atoms with Gasteiger partial charge in [-0.3, -0.25) is 4.79 Å². The number of anilines is 2. The normalized spacial score (nSPS) is 12.8. The molecule has 2 heterocycles. The first kappa shape index (κ1) is 22.9. The second kappa shape index (κ2) is 9.76. The summed E-state index contributed by atoms with van der Waals surface area (Å²) in [4.78, 5) is 19.2. The molecule has 1 aliphatic heterocycles. The number of fused-ring (bicyclic) bond motifs is 1. The summed E-state index contributed by atoms with van der Waals surface area (Å²) in [6, 6.07) is 19.6. The summed E-state index contributed by atoms with van der Waals surface area (Å²) in [5.74, 6) is 0.845. The summed E-state index contributed by atoms with van der Waals surface area (Å²) in [6.07, 6.45) is 0.